The van der Waals surface area contributed by atoms with E-state index < -0.39 is 0 Å². The first-order chi connectivity index (χ1) is 9.81. The smallest absolute Gasteiger partial charge is 0.209 e. The molecule has 0 fully saturated rings. The molecule has 20 heavy (non-hydrogen) atoms. The minimum Gasteiger partial charge on any atom is -0.469 e. The van der Waals surface area contributed by atoms with Gasteiger partial charge in [0.15, 0.2) is 5.58 Å². The number of nitrogens with one attached hydrogen (secondary N) is 1. The first kappa shape index (κ1) is 12.9. The number of furan rings is 1. The van der Waals surface area contributed by atoms with E-state index in [2.05, 4.69) is 17.2 Å². The highest BCUT2D eigenvalue weighted by molar-refractivity contribution is 5.72. The molecule has 0 aliphatic heterocycles. The van der Waals surface area contributed by atoms with Crippen molar-refractivity contribution >= 4 is 11.1 Å². The van der Waals surface area contributed by atoms with E-state index in [0.717, 1.165) is 35.6 Å². The number of benzene rings is 1. The maximum atomic E-state index is 5.68. The quantitative estimate of drug-likeness (QED) is 0.744. The highest BCUT2D eigenvalue weighted by atomic mass is 16.3. The van der Waals surface area contributed by atoms with Crippen LogP contribution in [0.2, 0.25) is 0 Å². The zero-order valence-electron chi connectivity index (χ0n) is 11.5. The Kier molecular flexibility index (Phi) is 3.83. The van der Waals surface area contributed by atoms with Crippen LogP contribution in [0.15, 0.2) is 51.5 Å². The van der Waals surface area contributed by atoms with Gasteiger partial charge in [-0.2, -0.15) is 0 Å². The van der Waals surface area contributed by atoms with Crippen LogP contribution in [0, 0.1) is 0 Å². The lowest BCUT2D eigenvalue weighted by Gasteiger charge is -2.11. The monoisotopic (exact) mass is 270 g/mol. The Labute approximate surface area is 117 Å². The van der Waals surface area contributed by atoms with E-state index in [-0.39, 0.29) is 0 Å². The van der Waals surface area contributed by atoms with Crippen LogP contribution in [0.3, 0.4) is 0 Å². The molecule has 3 aromatic rings. The molecular weight excluding hydrogens is 252 g/mol. The molecule has 1 atom stereocenters. The van der Waals surface area contributed by atoms with Crippen LogP contribution in [-0.4, -0.2) is 11.0 Å². The Bertz CT molecular complexity index is 625. The summed E-state index contributed by atoms with van der Waals surface area (Å²) in [6.07, 6.45) is 3.67. The van der Waals surface area contributed by atoms with Crippen molar-refractivity contribution in [1.82, 2.24) is 10.3 Å². The maximum absolute atomic E-state index is 5.68. The standard InChI is InChI=1S/C16H18N2O2/c1-12(8-9-13-5-4-10-19-13)17-11-16-18-14-6-2-3-7-15(14)20-16/h2-7,10,12,17H,8-9,11H2,1H3. The summed E-state index contributed by atoms with van der Waals surface area (Å²) in [5.41, 5.74) is 1.75. The largest absolute Gasteiger partial charge is 0.469 e. The molecule has 2 heterocycles. The normalized spacial score (nSPS) is 12.8. The minimum atomic E-state index is 0.384. The third-order valence-corrected chi connectivity index (χ3v) is 3.34. The number of oxazole rings is 1. The molecule has 4 heteroatoms. The number of aromatic nitrogens is 1. The second kappa shape index (κ2) is 5.92. The Hall–Kier alpha value is -2.07. The number of para-hydroxylation sites is 2. The molecule has 0 bridgehead atoms. The lowest BCUT2D eigenvalue weighted by molar-refractivity contribution is 0.430. The third kappa shape index (κ3) is 3.08. The summed E-state index contributed by atoms with van der Waals surface area (Å²) in [6, 6.07) is 12.1. The molecule has 104 valence electrons. The molecule has 0 saturated heterocycles. The van der Waals surface area contributed by atoms with Crippen molar-refractivity contribution < 1.29 is 8.83 Å². The molecule has 0 aliphatic rings. The van der Waals surface area contributed by atoms with Gasteiger partial charge >= 0.3 is 0 Å². The molecule has 0 aliphatic carbocycles. The Morgan fingerprint density at radius 2 is 2.10 bits per heavy atom. The fourth-order valence-electron chi connectivity index (χ4n) is 2.17. The minimum absolute atomic E-state index is 0.384. The summed E-state index contributed by atoms with van der Waals surface area (Å²) in [6.45, 7) is 2.81. The summed E-state index contributed by atoms with van der Waals surface area (Å²) < 4.78 is 11.0. The van der Waals surface area contributed by atoms with E-state index in [0.29, 0.717) is 12.6 Å². The van der Waals surface area contributed by atoms with Gasteiger partial charge in [0, 0.05) is 12.5 Å². The van der Waals surface area contributed by atoms with Crippen LogP contribution in [0.25, 0.3) is 11.1 Å². The summed E-state index contributed by atoms with van der Waals surface area (Å²) in [4.78, 5) is 4.45. The average Bonchev–Trinajstić information content (AvgIpc) is 3.11. The number of rotatable bonds is 6. The van der Waals surface area contributed by atoms with Gasteiger partial charge in [0.2, 0.25) is 5.89 Å². The molecular formula is C16H18N2O2. The van der Waals surface area contributed by atoms with E-state index in [4.69, 9.17) is 8.83 Å². The van der Waals surface area contributed by atoms with Crippen LogP contribution in [0.4, 0.5) is 0 Å². The molecule has 1 aromatic carbocycles. The van der Waals surface area contributed by atoms with E-state index in [1.165, 1.54) is 0 Å². The van der Waals surface area contributed by atoms with Crippen molar-refractivity contribution in [2.45, 2.75) is 32.4 Å². The highest BCUT2D eigenvalue weighted by Gasteiger charge is 2.08. The molecule has 0 radical (unpaired) electrons. The van der Waals surface area contributed by atoms with Gasteiger partial charge in [-0.3, -0.25) is 0 Å². The SMILES string of the molecule is CC(CCc1ccco1)NCc1nc2ccccc2o1. The lowest BCUT2D eigenvalue weighted by Crippen LogP contribution is -2.26. The van der Waals surface area contributed by atoms with Crippen LogP contribution in [-0.2, 0) is 13.0 Å². The fourth-order valence-corrected chi connectivity index (χ4v) is 2.17. The van der Waals surface area contributed by atoms with Gasteiger partial charge in [0.1, 0.15) is 11.3 Å². The topological polar surface area (TPSA) is 51.2 Å². The van der Waals surface area contributed by atoms with Gasteiger partial charge in [-0.05, 0) is 37.6 Å². The molecule has 2 aromatic heterocycles. The molecule has 0 amide bonds. The van der Waals surface area contributed by atoms with E-state index >= 15 is 0 Å². The van der Waals surface area contributed by atoms with Crippen LogP contribution < -0.4 is 5.32 Å². The first-order valence-corrected chi connectivity index (χ1v) is 6.91. The lowest BCUT2D eigenvalue weighted by atomic mass is 10.1. The molecule has 3 rings (SSSR count). The van der Waals surface area contributed by atoms with Crippen molar-refractivity contribution in [2.24, 2.45) is 0 Å². The van der Waals surface area contributed by atoms with Crippen molar-refractivity contribution in [3.63, 3.8) is 0 Å². The number of hydrogen-bond acceptors (Lipinski definition) is 4. The Morgan fingerprint density at radius 3 is 2.90 bits per heavy atom. The fraction of sp³-hybridized carbons (Fsp3) is 0.312. The van der Waals surface area contributed by atoms with E-state index in [9.17, 15) is 0 Å². The number of nitrogens with zero attached hydrogens (tertiary/aromatic N) is 1. The summed E-state index contributed by atoms with van der Waals surface area (Å²) in [7, 11) is 0. The molecule has 1 N–H and O–H groups in total. The van der Waals surface area contributed by atoms with Crippen LogP contribution in [0.5, 0.6) is 0 Å². The van der Waals surface area contributed by atoms with Crippen LogP contribution >= 0.6 is 0 Å². The summed E-state index contributed by atoms with van der Waals surface area (Å²) in [5.74, 6) is 1.76. The van der Waals surface area contributed by atoms with Gasteiger partial charge in [-0.1, -0.05) is 12.1 Å². The summed E-state index contributed by atoms with van der Waals surface area (Å²) in [5, 5.41) is 3.42. The molecule has 0 spiro atoms. The summed E-state index contributed by atoms with van der Waals surface area (Å²) >= 11 is 0. The van der Waals surface area contributed by atoms with Crippen LogP contribution in [0.1, 0.15) is 25.0 Å². The molecule has 0 saturated carbocycles. The predicted octanol–water partition coefficient (Wildman–Crippen LogP) is 3.53. The second-order valence-electron chi connectivity index (χ2n) is 4.98. The number of fused-ring (bicyclic) bond motifs is 1. The number of hydrogen-bond donors (Lipinski definition) is 1. The molecule has 4 nitrogen and oxygen atoms in total. The van der Waals surface area contributed by atoms with Gasteiger partial charge in [-0.25, -0.2) is 4.98 Å². The van der Waals surface area contributed by atoms with Gasteiger partial charge in [0.05, 0.1) is 12.8 Å². The molecule has 1 unspecified atom stereocenters. The Balaban J connectivity index is 1.50. The van der Waals surface area contributed by atoms with Crippen molar-refractivity contribution in [2.75, 3.05) is 0 Å². The first-order valence-electron chi connectivity index (χ1n) is 6.91. The average molecular weight is 270 g/mol. The number of aryl methyl sites for hydroxylation is 1. The van der Waals surface area contributed by atoms with Gasteiger partial charge in [0.25, 0.3) is 0 Å². The second-order valence-corrected chi connectivity index (χ2v) is 4.98. The van der Waals surface area contributed by atoms with Crippen molar-refractivity contribution in [1.29, 1.82) is 0 Å². The van der Waals surface area contributed by atoms with E-state index in [1.807, 2.05) is 36.4 Å². The third-order valence-electron chi connectivity index (χ3n) is 3.34. The van der Waals surface area contributed by atoms with Gasteiger partial charge in [-0.15, -0.1) is 0 Å². The highest BCUT2D eigenvalue weighted by Crippen LogP contribution is 2.14. The van der Waals surface area contributed by atoms with E-state index in [1.54, 1.807) is 6.26 Å². The zero-order chi connectivity index (χ0) is 13.8. The van der Waals surface area contributed by atoms with Crippen molar-refractivity contribution in [3.05, 3.63) is 54.3 Å². The van der Waals surface area contributed by atoms with Crippen molar-refractivity contribution in [3.8, 4) is 0 Å². The van der Waals surface area contributed by atoms with Gasteiger partial charge < -0.3 is 14.2 Å². The Morgan fingerprint density at radius 1 is 1.20 bits per heavy atom. The zero-order valence-corrected chi connectivity index (χ0v) is 11.5. The predicted molar refractivity (Wildman–Crippen MR) is 77.3 cm³/mol. The maximum Gasteiger partial charge on any atom is 0.209 e.